The maximum absolute atomic E-state index is 10.2. The predicted octanol–water partition coefficient (Wildman–Crippen LogP) is -0.813. The molecule has 0 saturated carbocycles. The van der Waals surface area contributed by atoms with E-state index in [4.69, 9.17) is 5.84 Å². The van der Waals surface area contributed by atoms with Crippen LogP contribution in [0.1, 0.15) is 12.8 Å². The van der Waals surface area contributed by atoms with E-state index in [1.165, 1.54) is 0 Å². The van der Waals surface area contributed by atoms with E-state index in [-0.39, 0.29) is 18.9 Å². The van der Waals surface area contributed by atoms with Crippen molar-refractivity contribution in [2.45, 2.75) is 12.8 Å². The minimum Gasteiger partial charge on any atom is -0.294 e. The molecule has 0 atom stereocenters. The smallest absolute Gasteiger partial charge is 0.233 e. The Labute approximate surface area is 47.6 Å². The SMILES string of the molecule is NNC(=O)CCC[O]. The largest absolute Gasteiger partial charge is 0.294 e. The fourth-order valence-corrected chi connectivity index (χ4v) is 0.305. The molecule has 0 unspecified atom stereocenters. The number of hydrogen-bond acceptors (Lipinski definition) is 2. The van der Waals surface area contributed by atoms with Crippen LogP contribution < -0.4 is 11.3 Å². The number of amides is 1. The van der Waals surface area contributed by atoms with E-state index in [9.17, 15) is 9.90 Å². The molecular weight excluding hydrogens is 108 g/mol. The third kappa shape index (κ3) is 3.58. The Bertz CT molecular complexity index is 74.4. The normalized spacial score (nSPS) is 8.75. The third-order valence-electron chi connectivity index (χ3n) is 0.709. The first-order chi connectivity index (χ1) is 3.81. The van der Waals surface area contributed by atoms with Gasteiger partial charge < -0.3 is 0 Å². The summed E-state index contributed by atoms with van der Waals surface area (Å²) in [6.07, 6.45) is 0.600. The number of nitrogens with one attached hydrogen (secondary N) is 1. The Morgan fingerprint density at radius 3 is 2.62 bits per heavy atom. The first-order valence-electron chi connectivity index (χ1n) is 2.39. The molecule has 0 fully saturated rings. The summed E-state index contributed by atoms with van der Waals surface area (Å²) in [4.78, 5) is 10.2. The van der Waals surface area contributed by atoms with Crippen molar-refractivity contribution >= 4 is 5.91 Å². The van der Waals surface area contributed by atoms with Gasteiger partial charge in [-0.2, -0.15) is 0 Å². The van der Waals surface area contributed by atoms with Crippen molar-refractivity contribution in [3.05, 3.63) is 0 Å². The van der Waals surface area contributed by atoms with E-state index in [1.807, 2.05) is 5.43 Å². The molecule has 0 aromatic rings. The lowest BCUT2D eigenvalue weighted by Gasteiger charge is -1.92. The molecule has 4 heteroatoms. The molecule has 0 rings (SSSR count). The van der Waals surface area contributed by atoms with Crippen LogP contribution in [0, 0.1) is 0 Å². The highest BCUT2D eigenvalue weighted by Gasteiger charge is 1.94. The van der Waals surface area contributed by atoms with E-state index in [0.717, 1.165) is 0 Å². The molecule has 3 N–H and O–H groups in total. The van der Waals surface area contributed by atoms with Gasteiger partial charge in [0.15, 0.2) is 0 Å². The van der Waals surface area contributed by atoms with Crippen molar-refractivity contribution in [3.8, 4) is 0 Å². The molecule has 0 saturated heterocycles. The second kappa shape index (κ2) is 4.55. The summed E-state index contributed by atoms with van der Waals surface area (Å²) >= 11 is 0. The first kappa shape index (κ1) is 7.39. The van der Waals surface area contributed by atoms with Crippen molar-refractivity contribution in [1.29, 1.82) is 0 Å². The van der Waals surface area contributed by atoms with E-state index in [0.29, 0.717) is 6.42 Å². The van der Waals surface area contributed by atoms with Gasteiger partial charge in [-0.3, -0.25) is 10.2 Å². The first-order valence-corrected chi connectivity index (χ1v) is 2.39. The van der Waals surface area contributed by atoms with Gasteiger partial charge in [-0.05, 0) is 6.42 Å². The lowest BCUT2D eigenvalue weighted by atomic mass is 10.3. The van der Waals surface area contributed by atoms with E-state index in [1.54, 1.807) is 0 Å². The molecule has 0 spiro atoms. The topological polar surface area (TPSA) is 75.0 Å². The fraction of sp³-hybridized carbons (Fsp3) is 0.750. The number of hydrazine groups is 1. The monoisotopic (exact) mass is 117 g/mol. The number of nitrogens with two attached hydrogens (primary N) is 1. The van der Waals surface area contributed by atoms with Gasteiger partial charge in [0.25, 0.3) is 0 Å². The molecule has 8 heavy (non-hydrogen) atoms. The standard InChI is InChI=1S/C4H9N2O2/c5-6-4(8)2-1-3-7/h1-3,5H2,(H,6,8). The third-order valence-corrected chi connectivity index (χ3v) is 0.709. The van der Waals surface area contributed by atoms with Crippen LogP contribution in [0.2, 0.25) is 0 Å². The van der Waals surface area contributed by atoms with Crippen LogP contribution >= 0.6 is 0 Å². The highest BCUT2D eigenvalue weighted by molar-refractivity contribution is 5.75. The fourth-order valence-electron chi connectivity index (χ4n) is 0.305. The van der Waals surface area contributed by atoms with Crippen LogP contribution in [-0.4, -0.2) is 12.5 Å². The molecule has 0 aliphatic heterocycles. The van der Waals surface area contributed by atoms with E-state index in [2.05, 4.69) is 0 Å². The highest BCUT2D eigenvalue weighted by atomic mass is 16.3. The Balaban J connectivity index is 2.99. The van der Waals surface area contributed by atoms with E-state index < -0.39 is 0 Å². The van der Waals surface area contributed by atoms with Crippen LogP contribution in [0.4, 0.5) is 0 Å². The summed E-state index contributed by atoms with van der Waals surface area (Å²) in [6, 6.07) is 0. The molecule has 0 aromatic heterocycles. The van der Waals surface area contributed by atoms with Crippen molar-refractivity contribution in [2.75, 3.05) is 6.61 Å². The van der Waals surface area contributed by atoms with Crippen molar-refractivity contribution in [1.82, 2.24) is 5.43 Å². The Kier molecular flexibility index (Phi) is 4.20. The molecule has 0 heterocycles. The van der Waals surface area contributed by atoms with Crippen molar-refractivity contribution < 1.29 is 9.90 Å². The van der Waals surface area contributed by atoms with Crippen LogP contribution in [0.25, 0.3) is 0 Å². The molecule has 0 aromatic carbocycles. The van der Waals surface area contributed by atoms with Gasteiger partial charge in [0, 0.05) is 6.42 Å². The molecular formula is C4H9N2O2. The van der Waals surface area contributed by atoms with Crippen LogP contribution in [0.15, 0.2) is 0 Å². The second-order valence-electron chi connectivity index (χ2n) is 1.38. The molecule has 47 valence electrons. The van der Waals surface area contributed by atoms with Crippen molar-refractivity contribution in [3.63, 3.8) is 0 Å². The predicted molar refractivity (Wildman–Crippen MR) is 27.1 cm³/mol. The van der Waals surface area contributed by atoms with Gasteiger partial charge in [0.05, 0.1) is 6.61 Å². The number of hydrogen-bond donors (Lipinski definition) is 2. The Morgan fingerprint density at radius 2 is 2.25 bits per heavy atom. The molecule has 1 amide bonds. The van der Waals surface area contributed by atoms with Crippen LogP contribution in [0.3, 0.4) is 0 Å². The maximum Gasteiger partial charge on any atom is 0.233 e. The van der Waals surface area contributed by atoms with Gasteiger partial charge in [0.2, 0.25) is 5.91 Å². The average Bonchev–Trinajstić information content (AvgIpc) is 1.83. The molecule has 0 aliphatic rings. The summed E-state index contributed by atoms with van der Waals surface area (Å²) in [6.45, 7) is -0.215. The quantitative estimate of drug-likeness (QED) is 0.288. The highest BCUT2D eigenvalue weighted by Crippen LogP contribution is 1.83. The summed E-state index contributed by atoms with van der Waals surface area (Å²) in [5.41, 5.74) is 1.92. The zero-order valence-corrected chi connectivity index (χ0v) is 4.52. The zero-order valence-electron chi connectivity index (χ0n) is 4.52. The summed E-state index contributed by atoms with van der Waals surface area (Å²) in [7, 11) is 0. The molecule has 1 radical (unpaired) electrons. The van der Waals surface area contributed by atoms with E-state index >= 15 is 0 Å². The second-order valence-corrected chi connectivity index (χ2v) is 1.38. The lowest BCUT2D eigenvalue weighted by molar-refractivity contribution is -0.121. The van der Waals surface area contributed by atoms with Gasteiger partial charge in [-0.15, -0.1) is 0 Å². The number of carbonyl (C=O) groups excluding carboxylic acids is 1. The average molecular weight is 117 g/mol. The number of rotatable bonds is 3. The Hall–Kier alpha value is -0.610. The molecule has 0 bridgehead atoms. The van der Waals surface area contributed by atoms with Gasteiger partial charge in [-0.25, -0.2) is 10.9 Å². The van der Waals surface area contributed by atoms with Crippen LogP contribution in [-0.2, 0) is 9.90 Å². The molecule has 4 nitrogen and oxygen atoms in total. The van der Waals surface area contributed by atoms with Crippen molar-refractivity contribution in [2.24, 2.45) is 5.84 Å². The van der Waals surface area contributed by atoms with Crippen LogP contribution in [0.5, 0.6) is 0 Å². The Morgan fingerprint density at radius 1 is 1.62 bits per heavy atom. The van der Waals surface area contributed by atoms with Gasteiger partial charge in [0.1, 0.15) is 0 Å². The lowest BCUT2D eigenvalue weighted by Crippen LogP contribution is -2.29. The van der Waals surface area contributed by atoms with Gasteiger partial charge in [-0.1, -0.05) is 0 Å². The number of carbonyl (C=O) groups is 1. The maximum atomic E-state index is 10.2. The summed E-state index contributed by atoms with van der Waals surface area (Å²) in [5.74, 6) is 4.43. The van der Waals surface area contributed by atoms with Gasteiger partial charge >= 0.3 is 0 Å². The summed E-state index contributed by atoms with van der Waals surface area (Å²) in [5, 5.41) is 9.73. The zero-order chi connectivity index (χ0) is 6.41. The minimum absolute atomic E-state index is 0.215. The molecule has 0 aliphatic carbocycles. The minimum atomic E-state index is -0.277. The summed E-state index contributed by atoms with van der Waals surface area (Å²) < 4.78 is 0.